The van der Waals surface area contributed by atoms with Crippen LogP contribution in [0.1, 0.15) is 11.6 Å². The summed E-state index contributed by atoms with van der Waals surface area (Å²) < 4.78 is 7.48. The Morgan fingerprint density at radius 3 is 2.41 bits per heavy atom. The van der Waals surface area contributed by atoms with E-state index in [1.54, 1.807) is 6.20 Å². The van der Waals surface area contributed by atoms with Gasteiger partial charge in [0.2, 0.25) is 5.82 Å². The number of hydrogen-bond acceptors (Lipinski definition) is 8. The van der Waals surface area contributed by atoms with Crippen molar-refractivity contribution in [1.82, 2.24) is 24.4 Å². The first-order chi connectivity index (χ1) is 16.7. The lowest BCUT2D eigenvalue weighted by atomic mass is 10.2. The van der Waals surface area contributed by atoms with Gasteiger partial charge in [0.25, 0.3) is 0 Å². The van der Waals surface area contributed by atoms with Crippen LogP contribution in [0.25, 0.3) is 16.9 Å². The topological polar surface area (TPSA) is 103 Å². The second-order valence-corrected chi connectivity index (χ2v) is 8.04. The van der Waals surface area contributed by atoms with Gasteiger partial charge in [0.15, 0.2) is 5.65 Å². The van der Waals surface area contributed by atoms with Gasteiger partial charge in [-0.25, -0.2) is 9.97 Å². The molecule has 2 aromatic carbocycles. The molecule has 0 bridgehead atoms. The SMILES string of the molecule is N#Cc1ncc2nc(CN3CCN(c4ccc(OCCO)cc4)CC3)n(-c3ccccc3)c2n1. The van der Waals surface area contributed by atoms with Crippen LogP contribution in [0.5, 0.6) is 5.75 Å². The van der Waals surface area contributed by atoms with Crippen molar-refractivity contribution < 1.29 is 9.84 Å². The van der Waals surface area contributed by atoms with Crippen molar-refractivity contribution in [3.05, 3.63) is 72.4 Å². The molecule has 0 atom stereocenters. The fraction of sp³-hybridized carbons (Fsp3) is 0.280. The van der Waals surface area contributed by atoms with Gasteiger partial charge in [0, 0.05) is 37.6 Å². The fourth-order valence-electron chi connectivity index (χ4n) is 4.21. The molecule has 0 unspecified atom stereocenters. The Morgan fingerprint density at radius 1 is 0.941 bits per heavy atom. The van der Waals surface area contributed by atoms with Crippen LogP contribution in [0.4, 0.5) is 5.69 Å². The van der Waals surface area contributed by atoms with Crippen molar-refractivity contribution in [3.63, 3.8) is 0 Å². The summed E-state index contributed by atoms with van der Waals surface area (Å²) in [6.45, 7) is 4.59. The lowest BCUT2D eigenvalue weighted by Gasteiger charge is -2.36. The number of benzene rings is 2. The summed E-state index contributed by atoms with van der Waals surface area (Å²) in [6, 6.07) is 20.0. The molecule has 5 rings (SSSR count). The molecular weight excluding hydrogens is 430 g/mol. The van der Waals surface area contributed by atoms with Crippen molar-refractivity contribution in [2.24, 2.45) is 0 Å². The van der Waals surface area contributed by atoms with Crippen molar-refractivity contribution in [3.8, 4) is 17.5 Å². The number of anilines is 1. The number of fused-ring (bicyclic) bond motifs is 1. The predicted molar refractivity (Wildman–Crippen MR) is 128 cm³/mol. The number of ether oxygens (including phenoxy) is 1. The van der Waals surface area contributed by atoms with Crippen molar-refractivity contribution in [2.45, 2.75) is 6.54 Å². The van der Waals surface area contributed by atoms with Crippen molar-refractivity contribution in [2.75, 3.05) is 44.3 Å². The Balaban J connectivity index is 1.32. The first kappa shape index (κ1) is 21.8. The molecule has 0 aliphatic carbocycles. The van der Waals surface area contributed by atoms with Gasteiger partial charge < -0.3 is 14.7 Å². The van der Waals surface area contributed by atoms with Crippen molar-refractivity contribution in [1.29, 1.82) is 5.26 Å². The maximum Gasteiger partial charge on any atom is 0.234 e. The summed E-state index contributed by atoms with van der Waals surface area (Å²) in [6.07, 6.45) is 1.62. The van der Waals surface area contributed by atoms with E-state index in [0.29, 0.717) is 24.3 Å². The second kappa shape index (κ2) is 9.87. The first-order valence-electron chi connectivity index (χ1n) is 11.3. The molecule has 9 heteroatoms. The summed E-state index contributed by atoms with van der Waals surface area (Å²) in [5.74, 6) is 1.78. The van der Waals surface area contributed by atoms with E-state index in [0.717, 1.165) is 49.1 Å². The molecular formula is C25H25N7O2. The smallest absolute Gasteiger partial charge is 0.234 e. The van der Waals surface area contributed by atoms with Crippen LogP contribution in [0, 0.1) is 11.3 Å². The number of aliphatic hydroxyl groups is 1. The molecule has 0 spiro atoms. The molecule has 1 fully saturated rings. The highest BCUT2D eigenvalue weighted by Crippen LogP contribution is 2.23. The number of nitrogens with zero attached hydrogens (tertiary/aromatic N) is 7. The fourth-order valence-corrected chi connectivity index (χ4v) is 4.21. The summed E-state index contributed by atoms with van der Waals surface area (Å²) >= 11 is 0. The summed E-state index contributed by atoms with van der Waals surface area (Å²) in [7, 11) is 0. The van der Waals surface area contributed by atoms with E-state index in [9.17, 15) is 5.26 Å². The van der Waals surface area contributed by atoms with Crippen molar-refractivity contribution >= 4 is 16.9 Å². The van der Waals surface area contributed by atoms with Gasteiger partial charge in [0.05, 0.1) is 19.3 Å². The summed E-state index contributed by atoms with van der Waals surface area (Å²) in [4.78, 5) is 18.1. The van der Waals surface area contributed by atoms with E-state index in [-0.39, 0.29) is 12.4 Å². The maximum atomic E-state index is 9.26. The third-order valence-corrected chi connectivity index (χ3v) is 5.88. The monoisotopic (exact) mass is 455 g/mol. The molecule has 0 amide bonds. The largest absolute Gasteiger partial charge is 0.491 e. The van der Waals surface area contributed by atoms with Gasteiger partial charge in [-0.05, 0) is 36.4 Å². The van der Waals surface area contributed by atoms with E-state index in [2.05, 4.69) is 31.9 Å². The number of para-hydroxylation sites is 1. The normalized spacial score (nSPS) is 14.3. The van der Waals surface area contributed by atoms with E-state index in [1.165, 1.54) is 0 Å². The van der Waals surface area contributed by atoms with Crippen LogP contribution in [0.15, 0.2) is 60.8 Å². The Bertz CT molecular complexity index is 1290. The summed E-state index contributed by atoms with van der Waals surface area (Å²) in [5.41, 5.74) is 3.45. The minimum absolute atomic E-state index is 0.00778. The third-order valence-electron chi connectivity index (χ3n) is 5.88. The average molecular weight is 456 g/mol. The molecule has 9 nitrogen and oxygen atoms in total. The van der Waals surface area contributed by atoms with Gasteiger partial charge >= 0.3 is 0 Å². The van der Waals surface area contributed by atoms with Gasteiger partial charge in [-0.1, -0.05) is 18.2 Å². The molecule has 0 radical (unpaired) electrons. The third kappa shape index (κ3) is 4.55. The Morgan fingerprint density at radius 2 is 1.71 bits per heavy atom. The number of aliphatic hydroxyl groups excluding tert-OH is 1. The van der Waals surface area contributed by atoms with Gasteiger partial charge in [-0.2, -0.15) is 10.2 Å². The van der Waals surface area contributed by atoms with Crippen LogP contribution >= 0.6 is 0 Å². The van der Waals surface area contributed by atoms with Gasteiger partial charge in [-0.3, -0.25) is 9.47 Å². The van der Waals surface area contributed by atoms with Gasteiger partial charge in [-0.15, -0.1) is 0 Å². The molecule has 1 aliphatic rings. The quantitative estimate of drug-likeness (QED) is 0.453. The molecule has 4 aromatic rings. The molecule has 2 aromatic heterocycles. The number of hydrogen-bond donors (Lipinski definition) is 1. The number of nitriles is 1. The minimum Gasteiger partial charge on any atom is -0.491 e. The number of rotatable bonds is 7. The molecule has 1 N–H and O–H groups in total. The minimum atomic E-state index is 0.00778. The zero-order chi connectivity index (χ0) is 23.3. The van der Waals surface area contributed by atoms with Crippen LogP contribution in [-0.4, -0.2) is 68.9 Å². The van der Waals surface area contributed by atoms with Crippen LogP contribution in [-0.2, 0) is 6.54 Å². The highest BCUT2D eigenvalue weighted by atomic mass is 16.5. The number of imidazole rings is 1. The lowest BCUT2D eigenvalue weighted by molar-refractivity contribution is 0.201. The van der Waals surface area contributed by atoms with Gasteiger partial charge in [0.1, 0.15) is 29.8 Å². The standard InChI is InChI=1S/C25H25N7O2/c26-16-23-27-17-22-25(29-23)32(20-4-2-1-3-5-20)24(28-22)18-30-10-12-31(13-11-30)19-6-8-21(9-7-19)34-15-14-33/h1-9,17,33H,10-15,18H2. The highest BCUT2D eigenvalue weighted by molar-refractivity contribution is 5.73. The zero-order valence-electron chi connectivity index (χ0n) is 18.7. The maximum absolute atomic E-state index is 9.26. The highest BCUT2D eigenvalue weighted by Gasteiger charge is 2.21. The predicted octanol–water partition coefficient (Wildman–Crippen LogP) is 2.38. The Labute approximate surface area is 197 Å². The van der Waals surface area contributed by atoms with Crippen LogP contribution < -0.4 is 9.64 Å². The first-order valence-corrected chi connectivity index (χ1v) is 11.3. The van der Waals surface area contributed by atoms with E-state index < -0.39 is 0 Å². The lowest BCUT2D eigenvalue weighted by Crippen LogP contribution is -2.46. The molecule has 3 heterocycles. The second-order valence-electron chi connectivity index (χ2n) is 8.04. The molecule has 1 aliphatic heterocycles. The molecule has 172 valence electrons. The molecule has 34 heavy (non-hydrogen) atoms. The Hall–Kier alpha value is -4.00. The average Bonchev–Trinajstić information content (AvgIpc) is 3.25. The number of piperazine rings is 1. The van der Waals surface area contributed by atoms with Crippen LogP contribution in [0.3, 0.4) is 0 Å². The Kier molecular flexibility index (Phi) is 6.33. The summed E-state index contributed by atoms with van der Waals surface area (Å²) in [5, 5.41) is 18.2. The van der Waals surface area contributed by atoms with E-state index in [4.69, 9.17) is 14.8 Å². The molecule has 0 saturated carbocycles. The van der Waals surface area contributed by atoms with E-state index in [1.807, 2.05) is 53.1 Å². The molecule has 1 saturated heterocycles. The van der Waals surface area contributed by atoms with Crippen LogP contribution in [0.2, 0.25) is 0 Å². The number of aromatic nitrogens is 4. The zero-order valence-corrected chi connectivity index (χ0v) is 18.7. The van der Waals surface area contributed by atoms with E-state index >= 15 is 0 Å².